The Balaban J connectivity index is 2.18. The summed E-state index contributed by atoms with van der Waals surface area (Å²) in [7, 11) is -1.70. The van der Waals surface area contributed by atoms with Gasteiger partial charge < -0.3 is 9.64 Å². The van der Waals surface area contributed by atoms with Crippen LogP contribution in [0.3, 0.4) is 0 Å². The van der Waals surface area contributed by atoms with E-state index in [4.69, 9.17) is 16.3 Å². The van der Waals surface area contributed by atoms with Gasteiger partial charge in [0, 0.05) is 31.7 Å². The molecule has 2 rings (SSSR count). The summed E-state index contributed by atoms with van der Waals surface area (Å²) in [5.41, 5.74) is 1.30. The van der Waals surface area contributed by atoms with Gasteiger partial charge in [0.15, 0.2) is 0 Å². The molecule has 1 aliphatic heterocycles. The fourth-order valence-corrected chi connectivity index (χ4v) is 4.14. The monoisotopic (exact) mass is 374 g/mol. The number of hydrogen-bond acceptors (Lipinski definition) is 4. The van der Waals surface area contributed by atoms with Crippen molar-refractivity contribution in [3.05, 3.63) is 28.3 Å². The highest BCUT2D eigenvalue weighted by molar-refractivity contribution is 7.89. The first kappa shape index (κ1) is 19.0. The molecule has 1 aliphatic rings. The van der Waals surface area contributed by atoms with E-state index in [2.05, 4.69) is 0 Å². The van der Waals surface area contributed by atoms with Crippen molar-refractivity contribution >= 4 is 27.5 Å². The number of methoxy groups -OCH3 is 1. The zero-order chi connectivity index (χ0) is 17.9. The van der Waals surface area contributed by atoms with Gasteiger partial charge in [-0.3, -0.25) is 4.79 Å². The van der Waals surface area contributed by atoms with Crippen LogP contribution in [0.1, 0.15) is 29.3 Å². The predicted octanol–water partition coefficient (Wildman–Crippen LogP) is 2.15. The molecule has 0 N–H and O–H groups in total. The molecule has 0 spiro atoms. The second-order valence-electron chi connectivity index (χ2n) is 5.75. The highest BCUT2D eigenvalue weighted by Crippen LogP contribution is 2.28. The maximum Gasteiger partial charge on any atom is 0.254 e. The van der Waals surface area contributed by atoms with Crippen LogP contribution in [0.2, 0.25) is 5.02 Å². The van der Waals surface area contributed by atoms with E-state index in [1.165, 1.54) is 11.4 Å². The van der Waals surface area contributed by atoms with E-state index in [-0.39, 0.29) is 11.7 Å². The molecule has 0 aromatic heterocycles. The van der Waals surface area contributed by atoms with Crippen LogP contribution in [0.25, 0.3) is 0 Å². The number of benzene rings is 1. The number of hydrogen-bond donors (Lipinski definition) is 0. The van der Waals surface area contributed by atoms with Gasteiger partial charge in [-0.05, 0) is 38.0 Å². The van der Waals surface area contributed by atoms with Crippen molar-refractivity contribution in [3.8, 4) is 5.75 Å². The van der Waals surface area contributed by atoms with Crippen molar-refractivity contribution in [1.29, 1.82) is 0 Å². The Morgan fingerprint density at radius 1 is 1.25 bits per heavy atom. The predicted molar refractivity (Wildman–Crippen MR) is 94.3 cm³/mol. The number of amides is 1. The summed E-state index contributed by atoms with van der Waals surface area (Å²) in [5, 5.41) is 0.386. The van der Waals surface area contributed by atoms with Crippen LogP contribution < -0.4 is 4.74 Å². The van der Waals surface area contributed by atoms with Gasteiger partial charge in [0.25, 0.3) is 5.91 Å². The van der Waals surface area contributed by atoms with Crippen LogP contribution in [0, 0.1) is 6.92 Å². The Morgan fingerprint density at radius 2 is 1.96 bits per heavy atom. The number of carbonyl (C=O) groups excluding carboxylic acids is 1. The average molecular weight is 375 g/mol. The van der Waals surface area contributed by atoms with Crippen molar-refractivity contribution < 1.29 is 17.9 Å². The zero-order valence-electron chi connectivity index (χ0n) is 14.2. The number of rotatable bonds is 4. The topological polar surface area (TPSA) is 66.9 Å². The lowest BCUT2D eigenvalue weighted by molar-refractivity contribution is 0.0763. The summed E-state index contributed by atoms with van der Waals surface area (Å²) in [4.78, 5) is 14.5. The minimum Gasteiger partial charge on any atom is -0.495 e. The summed E-state index contributed by atoms with van der Waals surface area (Å²) in [5.74, 6) is 0.475. The van der Waals surface area contributed by atoms with Gasteiger partial charge in [-0.1, -0.05) is 11.6 Å². The van der Waals surface area contributed by atoms with Crippen molar-refractivity contribution in [2.24, 2.45) is 0 Å². The zero-order valence-corrected chi connectivity index (χ0v) is 15.8. The molecule has 1 fully saturated rings. The summed E-state index contributed by atoms with van der Waals surface area (Å²) in [6.07, 6.45) is 0.619. The minimum absolute atomic E-state index is 0.0775. The number of carbonyl (C=O) groups is 1. The van der Waals surface area contributed by atoms with E-state index in [0.717, 1.165) is 5.56 Å². The lowest BCUT2D eigenvalue weighted by Crippen LogP contribution is -2.38. The Kier molecular flexibility index (Phi) is 6.11. The molecule has 24 heavy (non-hydrogen) atoms. The van der Waals surface area contributed by atoms with Gasteiger partial charge in [-0.15, -0.1) is 0 Å². The van der Waals surface area contributed by atoms with Crippen LogP contribution in [0.15, 0.2) is 12.1 Å². The molecule has 134 valence electrons. The molecule has 0 unspecified atom stereocenters. The molecule has 0 saturated carbocycles. The third kappa shape index (κ3) is 4.02. The summed E-state index contributed by atoms with van der Waals surface area (Å²) in [6, 6.07) is 3.35. The molecule has 0 atom stereocenters. The smallest absolute Gasteiger partial charge is 0.254 e. The first-order chi connectivity index (χ1) is 11.3. The van der Waals surface area contributed by atoms with Gasteiger partial charge in [0.2, 0.25) is 10.0 Å². The Labute approximate surface area is 148 Å². The standard InChI is InChI=1S/C16H23ClN2O4S/c1-4-24(21,22)19-7-5-6-18(8-9-19)16(20)13-11-14(17)15(23-3)10-12(13)2/h10-11H,4-9H2,1-3H3. The van der Waals surface area contributed by atoms with E-state index in [1.807, 2.05) is 6.92 Å². The third-order valence-electron chi connectivity index (χ3n) is 4.23. The fraction of sp³-hybridized carbons (Fsp3) is 0.562. The first-order valence-corrected chi connectivity index (χ1v) is 9.90. The van der Waals surface area contributed by atoms with Crippen molar-refractivity contribution in [3.63, 3.8) is 0 Å². The normalized spacial score (nSPS) is 16.8. The number of nitrogens with zero attached hydrogens (tertiary/aromatic N) is 2. The van der Waals surface area contributed by atoms with Crippen LogP contribution >= 0.6 is 11.6 Å². The number of sulfonamides is 1. The highest BCUT2D eigenvalue weighted by atomic mass is 35.5. The number of halogens is 1. The lowest BCUT2D eigenvalue weighted by Gasteiger charge is -2.22. The number of ether oxygens (including phenoxy) is 1. The molecule has 6 nitrogen and oxygen atoms in total. The van der Waals surface area contributed by atoms with E-state index in [1.54, 1.807) is 24.0 Å². The van der Waals surface area contributed by atoms with Crippen molar-refractivity contribution in [1.82, 2.24) is 9.21 Å². The van der Waals surface area contributed by atoms with E-state index in [9.17, 15) is 13.2 Å². The van der Waals surface area contributed by atoms with Crippen molar-refractivity contribution in [2.75, 3.05) is 39.0 Å². The fourth-order valence-electron chi connectivity index (χ4n) is 2.77. The Bertz CT molecular complexity index is 721. The largest absolute Gasteiger partial charge is 0.495 e. The quantitative estimate of drug-likeness (QED) is 0.809. The van der Waals surface area contributed by atoms with E-state index in [0.29, 0.717) is 48.9 Å². The second-order valence-corrected chi connectivity index (χ2v) is 8.41. The van der Waals surface area contributed by atoms with Gasteiger partial charge in [-0.25, -0.2) is 12.7 Å². The van der Waals surface area contributed by atoms with Crippen LogP contribution in [0.5, 0.6) is 5.75 Å². The molecule has 0 bridgehead atoms. The molecular weight excluding hydrogens is 352 g/mol. The van der Waals surface area contributed by atoms with E-state index < -0.39 is 10.0 Å². The summed E-state index contributed by atoms with van der Waals surface area (Å²) < 4.78 is 30.7. The van der Waals surface area contributed by atoms with Crippen molar-refractivity contribution in [2.45, 2.75) is 20.3 Å². The van der Waals surface area contributed by atoms with E-state index >= 15 is 0 Å². The Hall–Kier alpha value is -1.31. The van der Waals surface area contributed by atoms with Gasteiger partial charge in [-0.2, -0.15) is 0 Å². The molecule has 0 aliphatic carbocycles. The van der Waals surface area contributed by atoms with Gasteiger partial charge in [0.1, 0.15) is 5.75 Å². The number of aryl methyl sites for hydroxylation is 1. The Morgan fingerprint density at radius 3 is 2.58 bits per heavy atom. The first-order valence-electron chi connectivity index (χ1n) is 7.91. The molecule has 1 heterocycles. The molecule has 1 aromatic carbocycles. The molecule has 1 aromatic rings. The van der Waals surface area contributed by atoms with Crippen LogP contribution in [0.4, 0.5) is 0 Å². The van der Waals surface area contributed by atoms with Gasteiger partial charge >= 0.3 is 0 Å². The van der Waals surface area contributed by atoms with Crippen LogP contribution in [-0.2, 0) is 10.0 Å². The molecule has 0 radical (unpaired) electrons. The molecule has 1 saturated heterocycles. The van der Waals surface area contributed by atoms with Gasteiger partial charge in [0.05, 0.1) is 17.9 Å². The maximum absolute atomic E-state index is 12.8. The summed E-state index contributed by atoms with van der Waals surface area (Å²) in [6.45, 7) is 5.13. The molecule has 1 amide bonds. The maximum atomic E-state index is 12.8. The van der Waals surface area contributed by atoms with Crippen LogP contribution in [-0.4, -0.2) is 62.6 Å². The molecule has 8 heteroatoms. The highest BCUT2D eigenvalue weighted by Gasteiger charge is 2.26. The average Bonchev–Trinajstić information content (AvgIpc) is 2.82. The third-order valence-corrected chi connectivity index (χ3v) is 6.41. The minimum atomic E-state index is -3.22. The lowest BCUT2D eigenvalue weighted by atomic mass is 10.1. The second kappa shape index (κ2) is 7.72. The SMILES string of the molecule is CCS(=O)(=O)N1CCCN(C(=O)c2cc(Cl)c(OC)cc2C)CC1. The molecular formula is C16H23ClN2O4S. The summed E-state index contributed by atoms with van der Waals surface area (Å²) >= 11 is 6.14.